The Morgan fingerprint density at radius 2 is 2.23 bits per heavy atom. The van der Waals surface area contributed by atoms with Gasteiger partial charge in [0.15, 0.2) is 0 Å². The fourth-order valence-electron chi connectivity index (χ4n) is 2.09. The van der Waals surface area contributed by atoms with Crippen molar-refractivity contribution in [1.29, 1.82) is 5.26 Å². The van der Waals surface area contributed by atoms with Crippen LogP contribution in [0.1, 0.15) is 43.1 Å². The highest BCUT2D eigenvalue weighted by Crippen LogP contribution is 2.33. The zero-order valence-electron chi connectivity index (χ0n) is 7.82. The highest BCUT2D eigenvalue weighted by molar-refractivity contribution is 5.21. The molecule has 68 valence electrons. The van der Waals surface area contributed by atoms with E-state index in [-0.39, 0.29) is 0 Å². The first-order valence-electron chi connectivity index (χ1n) is 4.74. The molecule has 1 saturated carbocycles. The van der Waals surface area contributed by atoms with E-state index in [1.165, 1.54) is 25.7 Å². The van der Waals surface area contributed by atoms with Gasteiger partial charge in [-0.3, -0.25) is 0 Å². The van der Waals surface area contributed by atoms with Crippen molar-refractivity contribution in [3.63, 3.8) is 0 Å². The molecule has 1 fully saturated rings. The average Bonchev–Trinajstić information content (AvgIpc) is 2.72. The minimum absolute atomic E-state index is 0.590. The highest BCUT2D eigenvalue weighted by Gasteiger charge is 2.21. The molecule has 2 rings (SSSR count). The Morgan fingerprint density at radius 1 is 1.54 bits per heavy atom. The summed E-state index contributed by atoms with van der Waals surface area (Å²) in [6.07, 6.45) is 6.75. The zero-order chi connectivity index (χ0) is 9.26. The monoisotopic (exact) mass is 175 g/mol. The predicted octanol–water partition coefficient (Wildman–Crippen LogP) is 1.95. The van der Waals surface area contributed by atoms with E-state index in [1.54, 1.807) is 6.20 Å². The van der Waals surface area contributed by atoms with Crippen LogP contribution in [0.3, 0.4) is 0 Å². The minimum Gasteiger partial charge on any atom is -0.323 e. The van der Waals surface area contributed by atoms with E-state index < -0.39 is 0 Å². The third kappa shape index (κ3) is 1.33. The lowest BCUT2D eigenvalue weighted by molar-refractivity contribution is 0.630. The molecule has 0 unspecified atom stereocenters. The molecular weight excluding hydrogens is 162 g/mol. The number of rotatable bonds is 1. The van der Waals surface area contributed by atoms with Gasteiger partial charge in [0.2, 0.25) is 0 Å². The molecule has 3 heteroatoms. The molecule has 0 saturated heterocycles. The summed E-state index contributed by atoms with van der Waals surface area (Å²) in [5, 5.41) is 8.76. The van der Waals surface area contributed by atoms with Gasteiger partial charge < -0.3 is 4.57 Å². The van der Waals surface area contributed by atoms with Gasteiger partial charge in [-0.2, -0.15) is 5.26 Å². The third-order valence-corrected chi connectivity index (χ3v) is 2.86. The van der Waals surface area contributed by atoms with Crippen molar-refractivity contribution >= 4 is 0 Å². The summed E-state index contributed by atoms with van der Waals surface area (Å²) in [4.78, 5) is 4.31. The largest absolute Gasteiger partial charge is 0.323 e. The molecule has 1 aromatic rings. The van der Waals surface area contributed by atoms with Crippen LogP contribution in [0.5, 0.6) is 0 Å². The van der Waals surface area contributed by atoms with Crippen LogP contribution in [-0.4, -0.2) is 9.55 Å². The lowest BCUT2D eigenvalue weighted by Crippen LogP contribution is -2.03. The Kier molecular flexibility index (Phi) is 2.05. The molecule has 0 radical (unpaired) electrons. The van der Waals surface area contributed by atoms with E-state index in [0.29, 0.717) is 11.6 Å². The number of hydrogen-bond acceptors (Lipinski definition) is 2. The number of imidazole rings is 1. The van der Waals surface area contributed by atoms with Gasteiger partial charge in [0.25, 0.3) is 0 Å². The van der Waals surface area contributed by atoms with Crippen LogP contribution in [-0.2, 0) is 7.05 Å². The van der Waals surface area contributed by atoms with E-state index in [2.05, 4.69) is 11.1 Å². The second kappa shape index (κ2) is 3.21. The van der Waals surface area contributed by atoms with Crippen molar-refractivity contribution in [2.45, 2.75) is 31.6 Å². The van der Waals surface area contributed by atoms with Gasteiger partial charge in [0.05, 0.1) is 6.20 Å². The molecule has 1 aliphatic rings. The van der Waals surface area contributed by atoms with Crippen LogP contribution in [0.2, 0.25) is 0 Å². The summed E-state index contributed by atoms with van der Waals surface area (Å²) >= 11 is 0. The maximum atomic E-state index is 8.76. The first-order valence-corrected chi connectivity index (χ1v) is 4.74. The minimum atomic E-state index is 0.590. The van der Waals surface area contributed by atoms with Crippen molar-refractivity contribution in [2.24, 2.45) is 7.05 Å². The summed E-state index contributed by atoms with van der Waals surface area (Å²) in [7, 11) is 1.93. The maximum absolute atomic E-state index is 8.76. The van der Waals surface area contributed by atoms with Crippen molar-refractivity contribution in [3.8, 4) is 6.07 Å². The molecule has 0 N–H and O–H groups in total. The summed E-state index contributed by atoms with van der Waals surface area (Å²) < 4.78 is 1.93. The SMILES string of the molecule is Cn1c(C#N)cnc1C1CCCC1. The van der Waals surface area contributed by atoms with E-state index in [4.69, 9.17) is 5.26 Å². The van der Waals surface area contributed by atoms with Crippen LogP contribution in [0.15, 0.2) is 6.20 Å². The second-order valence-electron chi connectivity index (χ2n) is 3.65. The van der Waals surface area contributed by atoms with Gasteiger partial charge in [-0.05, 0) is 12.8 Å². The molecule has 0 amide bonds. The molecule has 1 aromatic heterocycles. The van der Waals surface area contributed by atoms with Gasteiger partial charge in [0.1, 0.15) is 17.6 Å². The number of nitriles is 1. The Labute approximate surface area is 78.0 Å². The standard InChI is InChI=1S/C10H13N3/c1-13-9(6-11)7-12-10(13)8-4-2-3-5-8/h7-8H,2-5H2,1H3. The molecule has 0 atom stereocenters. The summed E-state index contributed by atoms with van der Waals surface area (Å²) in [6.45, 7) is 0. The molecule has 1 aliphatic carbocycles. The van der Waals surface area contributed by atoms with Gasteiger partial charge >= 0.3 is 0 Å². The quantitative estimate of drug-likeness (QED) is 0.654. The van der Waals surface area contributed by atoms with Crippen molar-refractivity contribution < 1.29 is 0 Å². The molecule has 13 heavy (non-hydrogen) atoms. The number of aromatic nitrogens is 2. The Morgan fingerprint density at radius 3 is 2.77 bits per heavy atom. The van der Waals surface area contributed by atoms with Crippen molar-refractivity contribution in [1.82, 2.24) is 9.55 Å². The first kappa shape index (κ1) is 8.31. The van der Waals surface area contributed by atoms with Crippen LogP contribution in [0.25, 0.3) is 0 Å². The van der Waals surface area contributed by atoms with Crippen LogP contribution >= 0.6 is 0 Å². The summed E-state index contributed by atoms with van der Waals surface area (Å²) in [5.41, 5.74) is 0.668. The van der Waals surface area contributed by atoms with E-state index >= 15 is 0 Å². The molecule has 1 heterocycles. The third-order valence-electron chi connectivity index (χ3n) is 2.86. The average molecular weight is 175 g/mol. The fourth-order valence-corrected chi connectivity index (χ4v) is 2.09. The predicted molar refractivity (Wildman–Crippen MR) is 49.1 cm³/mol. The molecule has 0 aromatic carbocycles. The van der Waals surface area contributed by atoms with Crippen molar-refractivity contribution in [2.75, 3.05) is 0 Å². The molecule has 0 spiro atoms. The lowest BCUT2D eigenvalue weighted by Gasteiger charge is -2.08. The van der Waals surface area contributed by atoms with E-state index in [0.717, 1.165) is 5.82 Å². The smallest absolute Gasteiger partial charge is 0.139 e. The maximum Gasteiger partial charge on any atom is 0.139 e. The Hall–Kier alpha value is -1.30. The Bertz CT molecular complexity index is 340. The Balaban J connectivity index is 2.30. The molecule has 0 bridgehead atoms. The molecular formula is C10H13N3. The second-order valence-corrected chi connectivity index (χ2v) is 3.65. The number of hydrogen-bond donors (Lipinski definition) is 0. The van der Waals surface area contributed by atoms with Crippen molar-refractivity contribution in [3.05, 3.63) is 17.7 Å². The fraction of sp³-hybridized carbons (Fsp3) is 0.600. The van der Waals surface area contributed by atoms with Gasteiger partial charge in [0, 0.05) is 13.0 Å². The number of nitrogens with zero attached hydrogens (tertiary/aromatic N) is 3. The van der Waals surface area contributed by atoms with Crippen LogP contribution < -0.4 is 0 Å². The van der Waals surface area contributed by atoms with Gasteiger partial charge in [-0.15, -0.1) is 0 Å². The van der Waals surface area contributed by atoms with E-state index in [9.17, 15) is 0 Å². The topological polar surface area (TPSA) is 41.6 Å². The molecule has 3 nitrogen and oxygen atoms in total. The van der Waals surface area contributed by atoms with Gasteiger partial charge in [-0.1, -0.05) is 12.8 Å². The summed E-state index contributed by atoms with van der Waals surface area (Å²) in [6, 6.07) is 2.14. The highest BCUT2D eigenvalue weighted by atomic mass is 15.1. The van der Waals surface area contributed by atoms with Gasteiger partial charge in [-0.25, -0.2) is 4.98 Å². The normalized spacial score (nSPS) is 17.5. The first-order chi connectivity index (χ1) is 6.33. The lowest BCUT2D eigenvalue weighted by atomic mass is 10.1. The van der Waals surface area contributed by atoms with E-state index in [1.807, 2.05) is 11.6 Å². The van der Waals surface area contributed by atoms with Crippen LogP contribution in [0.4, 0.5) is 0 Å². The zero-order valence-corrected chi connectivity index (χ0v) is 7.82. The summed E-state index contributed by atoms with van der Waals surface area (Å²) in [5.74, 6) is 1.68. The molecule has 0 aliphatic heterocycles. The van der Waals surface area contributed by atoms with Crippen LogP contribution in [0, 0.1) is 11.3 Å².